The summed E-state index contributed by atoms with van der Waals surface area (Å²) in [5.41, 5.74) is 2.01. The minimum Gasteiger partial charge on any atom is -0.491 e. The van der Waals surface area contributed by atoms with Crippen LogP contribution in [0.3, 0.4) is 0 Å². The average molecular weight is 498 g/mol. The standard InChI is InChI=1S/C28H36FN3O4/c1-18-14-32(15-20-5-9-22(29)10-6-20)19(2)17-36-25-12-11-23(30-27(33)21-7-8-21)13-24(25)28(34)31(3)16-26(18)35-4/h5-6,9-13,18-19,21,26H,7-8,14-17H2,1-4H3,(H,30,33)/t18-,19-,26-/m0/s1. The van der Waals surface area contributed by atoms with Gasteiger partial charge in [-0.25, -0.2) is 4.39 Å². The first-order valence-corrected chi connectivity index (χ1v) is 12.6. The number of likely N-dealkylation sites (N-methyl/N-ethyl adjacent to an activating group) is 1. The second-order valence-corrected chi connectivity index (χ2v) is 10.1. The molecule has 1 fully saturated rings. The molecule has 0 radical (unpaired) electrons. The van der Waals surface area contributed by atoms with Crippen molar-refractivity contribution in [2.75, 3.05) is 39.2 Å². The second kappa shape index (κ2) is 11.4. The lowest BCUT2D eigenvalue weighted by molar-refractivity contribution is -0.117. The smallest absolute Gasteiger partial charge is 0.257 e. The Balaban J connectivity index is 1.61. The number of nitrogens with zero attached hydrogens (tertiary/aromatic N) is 2. The van der Waals surface area contributed by atoms with Crippen molar-refractivity contribution in [1.29, 1.82) is 0 Å². The lowest BCUT2D eigenvalue weighted by Gasteiger charge is -2.36. The van der Waals surface area contributed by atoms with E-state index in [0.717, 1.165) is 24.9 Å². The van der Waals surface area contributed by atoms with E-state index in [1.54, 1.807) is 49.4 Å². The Labute approximate surface area is 212 Å². The molecule has 7 nitrogen and oxygen atoms in total. The highest BCUT2D eigenvalue weighted by Gasteiger charge is 2.31. The summed E-state index contributed by atoms with van der Waals surface area (Å²) >= 11 is 0. The summed E-state index contributed by atoms with van der Waals surface area (Å²) in [7, 11) is 3.42. The number of amides is 2. The van der Waals surface area contributed by atoms with Crippen molar-refractivity contribution in [3.63, 3.8) is 0 Å². The molecule has 0 aromatic heterocycles. The van der Waals surface area contributed by atoms with Crippen LogP contribution in [-0.4, -0.2) is 67.6 Å². The van der Waals surface area contributed by atoms with Gasteiger partial charge in [0.05, 0.1) is 11.7 Å². The fraction of sp³-hybridized carbons (Fsp3) is 0.500. The number of carbonyl (C=O) groups is 2. The summed E-state index contributed by atoms with van der Waals surface area (Å²) in [6.07, 6.45) is 1.64. The predicted octanol–water partition coefficient (Wildman–Crippen LogP) is 4.18. The number of carbonyl (C=O) groups excluding carboxylic acids is 2. The van der Waals surface area contributed by atoms with Gasteiger partial charge in [0.15, 0.2) is 0 Å². The fourth-order valence-electron chi connectivity index (χ4n) is 4.56. The van der Waals surface area contributed by atoms with Crippen LogP contribution in [0.5, 0.6) is 5.75 Å². The number of anilines is 1. The van der Waals surface area contributed by atoms with Gasteiger partial charge in [-0.05, 0) is 61.6 Å². The molecule has 2 amide bonds. The molecule has 1 heterocycles. The van der Waals surface area contributed by atoms with E-state index in [1.807, 2.05) is 0 Å². The summed E-state index contributed by atoms with van der Waals surface area (Å²) in [6.45, 7) is 6.34. The summed E-state index contributed by atoms with van der Waals surface area (Å²) in [5, 5.41) is 2.92. The van der Waals surface area contributed by atoms with Crippen LogP contribution in [0.2, 0.25) is 0 Å². The molecule has 2 aromatic rings. The number of fused-ring (bicyclic) bond motifs is 1. The van der Waals surface area contributed by atoms with Gasteiger partial charge in [0.25, 0.3) is 5.91 Å². The highest BCUT2D eigenvalue weighted by Crippen LogP contribution is 2.31. The van der Waals surface area contributed by atoms with Crippen LogP contribution in [0.15, 0.2) is 42.5 Å². The fourth-order valence-corrected chi connectivity index (χ4v) is 4.56. The van der Waals surface area contributed by atoms with Gasteiger partial charge in [0, 0.05) is 51.4 Å². The van der Waals surface area contributed by atoms with Gasteiger partial charge in [0.2, 0.25) is 5.91 Å². The summed E-state index contributed by atoms with van der Waals surface area (Å²) < 4.78 is 25.5. The third kappa shape index (κ3) is 6.42. The summed E-state index contributed by atoms with van der Waals surface area (Å²) in [5.74, 6) is 0.219. The van der Waals surface area contributed by atoms with Crippen LogP contribution in [0.25, 0.3) is 0 Å². The van der Waals surface area contributed by atoms with Gasteiger partial charge in [-0.1, -0.05) is 19.1 Å². The van der Waals surface area contributed by atoms with Crippen LogP contribution in [0, 0.1) is 17.7 Å². The Kier molecular flexibility index (Phi) is 8.26. The van der Waals surface area contributed by atoms with Crippen LogP contribution in [0.4, 0.5) is 10.1 Å². The normalized spacial score (nSPS) is 23.8. The first-order chi connectivity index (χ1) is 17.2. The maximum Gasteiger partial charge on any atom is 0.257 e. The first-order valence-electron chi connectivity index (χ1n) is 12.6. The topological polar surface area (TPSA) is 71.1 Å². The van der Waals surface area contributed by atoms with E-state index >= 15 is 0 Å². The molecule has 0 saturated heterocycles. The molecular formula is C28H36FN3O4. The Bertz CT molecular complexity index is 1070. The predicted molar refractivity (Wildman–Crippen MR) is 136 cm³/mol. The number of benzene rings is 2. The molecule has 2 aliphatic rings. The second-order valence-electron chi connectivity index (χ2n) is 10.1. The van der Waals surface area contributed by atoms with Gasteiger partial charge in [-0.2, -0.15) is 0 Å². The van der Waals surface area contributed by atoms with E-state index in [9.17, 15) is 14.0 Å². The van der Waals surface area contributed by atoms with Gasteiger partial charge in [0.1, 0.15) is 18.2 Å². The van der Waals surface area contributed by atoms with Crippen molar-refractivity contribution < 1.29 is 23.5 Å². The van der Waals surface area contributed by atoms with Gasteiger partial charge >= 0.3 is 0 Å². The number of nitrogens with one attached hydrogen (secondary N) is 1. The van der Waals surface area contributed by atoms with E-state index in [1.165, 1.54) is 12.1 Å². The highest BCUT2D eigenvalue weighted by molar-refractivity contribution is 6.00. The van der Waals surface area contributed by atoms with E-state index in [-0.39, 0.29) is 41.6 Å². The molecule has 0 bridgehead atoms. The van der Waals surface area contributed by atoms with Crippen molar-refractivity contribution in [1.82, 2.24) is 9.80 Å². The molecule has 194 valence electrons. The van der Waals surface area contributed by atoms with E-state index < -0.39 is 0 Å². The molecule has 1 aliphatic heterocycles. The molecule has 1 saturated carbocycles. The Morgan fingerprint density at radius 2 is 1.86 bits per heavy atom. The van der Waals surface area contributed by atoms with Gasteiger partial charge < -0.3 is 19.7 Å². The molecule has 1 aliphatic carbocycles. The van der Waals surface area contributed by atoms with Crippen molar-refractivity contribution in [3.05, 3.63) is 59.4 Å². The average Bonchev–Trinajstić information content (AvgIpc) is 3.71. The van der Waals surface area contributed by atoms with Gasteiger partial charge in [-0.3, -0.25) is 14.5 Å². The van der Waals surface area contributed by atoms with E-state index in [4.69, 9.17) is 9.47 Å². The lowest BCUT2D eigenvalue weighted by Crippen LogP contribution is -2.46. The SMILES string of the molecule is CO[C@H]1CN(C)C(=O)c2cc(NC(=O)C3CC3)ccc2OC[C@H](C)N(Cc2ccc(F)cc2)C[C@@H]1C. The Morgan fingerprint density at radius 1 is 1.14 bits per heavy atom. The zero-order valence-corrected chi connectivity index (χ0v) is 21.5. The molecule has 36 heavy (non-hydrogen) atoms. The molecule has 3 atom stereocenters. The monoisotopic (exact) mass is 497 g/mol. The lowest BCUT2D eigenvalue weighted by atomic mass is 10.0. The van der Waals surface area contributed by atoms with Crippen LogP contribution in [0.1, 0.15) is 42.6 Å². The largest absolute Gasteiger partial charge is 0.491 e. The first kappa shape index (κ1) is 26.1. The van der Waals surface area contributed by atoms with Crippen LogP contribution < -0.4 is 10.1 Å². The number of methoxy groups -OCH3 is 1. The molecular weight excluding hydrogens is 461 g/mol. The van der Waals surface area contributed by atoms with Crippen molar-refractivity contribution in [3.8, 4) is 5.75 Å². The van der Waals surface area contributed by atoms with E-state index in [0.29, 0.717) is 36.7 Å². The maximum atomic E-state index is 13.5. The number of halogens is 1. The van der Waals surface area contributed by atoms with Crippen molar-refractivity contribution in [2.24, 2.45) is 11.8 Å². The third-order valence-corrected chi connectivity index (χ3v) is 7.09. The van der Waals surface area contributed by atoms with Crippen LogP contribution >= 0.6 is 0 Å². The molecule has 2 aromatic carbocycles. The highest BCUT2D eigenvalue weighted by atomic mass is 19.1. The molecule has 4 rings (SSSR count). The molecule has 1 N–H and O–H groups in total. The zero-order chi connectivity index (χ0) is 25.8. The van der Waals surface area contributed by atoms with Gasteiger partial charge in [-0.15, -0.1) is 0 Å². The summed E-state index contributed by atoms with van der Waals surface area (Å²) in [4.78, 5) is 29.7. The number of rotatable bonds is 5. The minimum atomic E-state index is -0.256. The Hall–Kier alpha value is -2.97. The third-order valence-electron chi connectivity index (χ3n) is 7.09. The van der Waals surface area contributed by atoms with Crippen molar-refractivity contribution in [2.45, 2.75) is 45.4 Å². The molecule has 8 heteroatoms. The van der Waals surface area contributed by atoms with Crippen molar-refractivity contribution >= 4 is 17.5 Å². The number of ether oxygens (including phenoxy) is 2. The quantitative estimate of drug-likeness (QED) is 0.671. The Morgan fingerprint density at radius 3 is 2.53 bits per heavy atom. The molecule has 0 spiro atoms. The maximum absolute atomic E-state index is 13.5. The summed E-state index contributed by atoms with van der Waals surface area (Å²) in [6, 6.07) is 11.8. The van der Waals surface area contributed by atoms with E-state index in [2.05, 4.69) is 24.1 Å². The molecule has 0 unspecified atom stereocenters. The minimum absolute atomic E-state index is 0.0110. The number of hydrogen-bond acceptors (Lipinski definition) is 5. The number of hydrogen-bond donors (Lipinski definition) is 1. The van der Waals surface area contributed by atoms with Crippen LogP contribution in [-0.2, 0) is 16.1 Å². The zero-order valence-electron chi connectivity index (χ0n) is 21.5.